The number of nitrogens with two attached hydrogens (primary N) is 1. The van der Waals surface area contributed by atoms with E-state index in [2.05, 4.69) is 0 Å². The van der Waals surface area contributed by atoms with Crippen molar-refractivity contribution in [1.29, 1.82) is 0 Å². The van der Waals surface area contributed by atoms with Crippen molar-refractivity contribution in [2.45, 2.75) is 25.8 Å². The fraction of sp³-hybridized carbons (Fsp3) is 0.533. The van der Waals surface area contributed by atoms with Crippen LogP contribution in [-0.2, 0) is 11.3 Å². The maximum atomic E-state index is 12.2. The second-order valence-corrected chi connectivity index (χ2v) is 5.17. The Bertz CT molecular complexity index is 427. The molecule has 0 bridgehead atoms. The fourth-order valence-electron chi connectivity index (χ4n) is 2.46. The van der Waals surface area contributed by atoms with Crippen LogP contribution in [0.25, 0.3) is 0 Å². The van der Waals surface area contributed by atoms with Crippen molar-refractivity contribution in [3.63, 3.8) is 0 Å². The average Bonchev–Trinajstić information content (AvgIpc) is 2.48. The van der Waals surface area contributed by atoms with Crippen LogP contribution in [0.1, 0.15) is 24.8 Å². The van der Waals surface area contributed by atoms with Gasteiger partial charge in [-0.05, 0) is 37.0 Å². The van der Waals surface area contributed by atoms with Crippen molar-refractivity contribution in [2.75, 3.05) is 31.6 Å². The van der Waals surface area contributed by atoms with Gasteiger partial charge in [-0.25, -0.2) is 0 Å². The molecule has 0 atom stereocenters. The Kier molecular flexibility index (Phi) is 4.80. The first-order chi connectivity index (χ1) is 9.20. The molecule has 0 aliphatic carbocycles. The summed E-state index contributed by atoms with van der Waals surface area (Å²) >= 11 is 0. The van der Waals surface area contributed by atoms with Crippen LogP contribution in [0.3, 0.4) is 0 Å². The molecule has 1 saturated heterocycles. The smallest absolute Gasteiger partial charge is 0.242 e. The quantitative estimate of drug-likeness (QED) is 0.895. The third-order valence-corrected chi connectivity index (χ3v) is 3.67. The zero-order valence-corrected chi connectivity index (χ0v) is 11.6. The molecule has 1 aromatic carbocycles. The van der Waals surface area contributed by atoms with Gasteiger partial charge in [-0.3, -0.25) is 4.79 Å². The fourth-order valence-corrected chi connectivity index (χ4v) is 2.46. The zero-order valence-electron chi connectivity index (χ0n) is 11.6. The van der Waals surface area contributed by atoms with E-state index in [9.17, 15) is 4.79 Å². The van der Waals surface area contributed by atoms with E-state index in [1.807, 2.05) is 41.1 Å². The van der Waals surface area contributed by atoms with E-state index in [1.165, 1.54) is 6.42 Å². The first-order valence-electron chi connectivity index (χ1n) is 6.98. The van der Waals surface area contributed by atoms with E-state index in [4.69, 9.17) is 5.73 Å². The Morgan fingerprint density at radius 2 is 2.05 bits per heavy atom. The minimum Gasteiger partial charge on any atom is -0.365 e. The maximum absolute atomic E-state index is 12.2. The molecule has 1 aromatic rings. The number of carbonyl (C=O) groups excluding carboxylic acids is 1. The summed E-state index contributed by atoms with van der Waals surface area (Å²) in [4.78, 5) is 16.2. The Balaban J connectivity index is 1.95. The summed E-state index contributed by atoms with van der Waals surface area (Å²) in [7, 11) is 1.96. The van der Waals surface area contributed by atoms with Crippen LogP contribution in [0.15, 0.2) is 24.3 Å². The van der Waals surface area contributed by atoms with E-state index in [0.717, 1.165) is 37.2 Å². The predicted octanol–water partition coefficient (Wildman–Crippen LogP) is 1.59. The highest BCUT2D eigenvalue weighted by Crippen LogP contribution is 2.15. The third-order valence-electron chi connectivity index (χ3n) is 3.67. The molecule has 0 radical (unpaired) electrons. The summed E-state index contributed by atoms with van der Waals surface area (Å²) in [6, 6.07) is 8.05. The monoisotopic (exact) mass is 261 g/mol. The van der Waals surface area contributed by atoms with Gasteiger partial charge in [0.2, 0.25) is 5.91 Å². The Morgan fingerprint density at radius 1 is 1.32 bits per heavy atom. The lowest BCUT2D eigenvalue weighted by Gasteiger charge is -2.29. The van der Waals surface area contributed by atoms with E-state index in [-0.39, 0.29) is 5.91 Å². The normalized spacial score (nSPS) is 15.4. The number of rotatable bonds is 4. The molecule has 2 N–H and O–H groups in total. The maximum Gasteiger partial charge on any atom is 0.242 e. The lowest BCUT2D eigenvalue weighted by Crippen LogP contribution is -2.41. The minimum absolute atomic E-state index is 0.223. The topological polar surface area (TPSA) is 49.6 Å². The molecule has 2 rings (SSSR count). The van der Waals surface area contributed by atoms with Crippen molar-refractivity contribution >= 4 is 11.6 Å². The van der Waals surface area contributed by atoms with Gasteiger partial charge in [0, 0.05) is 32.4 Å². The second-order valence-electron chi connectivity index (χ2n) is 5.17. The lowest BCUT2D eigenvalue weighted by molar-refractivity contribution is -0.130. The van der Waals surface area contributed by atoms with Crippen LogP contribution < -0.4 is 10.6 Å². The minimum atomic E-state index is 0.223. The molecule has 1 fully saturated rings. The number of carbonyl (C=O) groups is 1. The van der Waals surface area contributed by atoms with Crippen molar-refractivity contribution < 1.29 is 4.79 Å². The Morgan fingerprint density at radius 3 is 2.74 bits per heavy atom. The number of likely N-dealkylation sites (tertiary alicyclic amines) is 1. The summed E-state index contributed by atoms with van der Waals surface area (Å²) in [5.74, 6) is 0.223. The standard InChI is InChI=1S/C15H23N3O/c1-17(14-7-5-6-13(10-14)11-16)12-15(19)18-8-3-2-4-9-18/h5-7,10H,2-4,8-9,11-12,16H2,1H3. The molecule has 0 saturated carbocycles. The highest BCUT2D eigenvalue weighted by molar-refractivity contribution is 5.81. The molecule has 1 heterocycles. The van der Waals surface area contributed by atoms with Gasteiger partial charge in [-0.2, -0.15) is 0 Å². The first-order valence-corrected chi connectivity index (χ1v) is 6.98. The van der Waals surface area contributed by atoms with Gasteiger partial charge in [0.05, 0.1) is 6.54 Å². The predicted molar refractivity (Wildman–Crippen MR) is 78.0 cm³/mol. The summed E-state index contributed by atoms with van der Waals surface area (Å²) in [6.45, 7) is 2.79. The van der Waals surface area contributed by atoms with Crippen LogP contribution in [0, 0.1) is 0 Å². The number of nitrogens with zero attached hydrogens (tertiary/aromatic N) is 2. The lowest BCUT2D eigenvalue weighted by atomic mass is 10.1. The van der Waals surface area contributed by atoms with Crippen molar-refractivity contribution in [2.24, 2.45) is 5.73 Å². The van der Waals surface area contributed by atoms with Crippen molar-refractivity contribution in [3.8, 4) is 0 Å². The SMILES string of the molecule is CN(CC(=O)N1CCCCC1)c1cccc(CN)c1. The summed E-state index contributed by atoms with van der Waals surface area (Å²) in [5, 5.41) is 0. The summed E-state index contributed by atoms with van der Waals surface area (Å²) in [6.07, 6.45) is 3.52. The molecule has 0 aromatic heterocycles. The van der Waals surface area contributed by atoms with Crippen molar-refractivity contribution in [3.05, 3.63) is 29.8 Å². The van der Waals surface area contributed by atoms with E-state index < -0.39 is 0 Å². The third kappa shape index (κ3) is 3.70. The largest absolute Gasteiger partial charge is 0.365 e. The summed E-state index contributed by atoms with van der Waals surface area (Å²) in [5.41, 5.74) is 7.79. The van der Waals surface area contributed by atoms with Crippen LogP contribution >= 0.6 is 0 Å². The van der Waals surface area contributed by atoms with Gasteiger partial charge in [0.15, 0.2) is 0 Å². The Labute approximate surface area is 115 Å². The molecular formula is C15H23N3O. The molecule has 0 unspecified atom stereocenters. The highest BCUT2D eigenvalue weighted by Gasteiger charge is 2.17. The van der Waals surface area contributed by atoms with Crippen LogP contribution in [0.2, 0.25) is 0 Å². The summed E-state index contributed by atoms with van der Waals surface area (Å²) < 4.78 is 0. The molecule has 1 aliphatic heterocycles. The number of likely N-dealkylation sites (N-methyl/N-ethyl adjacent to an activating group) is 1. The molecule has 0 spiro atoms. The van der Waals surface area contributed by atoms with Crippen LogP contribution in [-0.4, -0.2) is 37.5 Å². The van der Waals surface area contributed by atoms with Gasteiger partial charge in [0.25, 0.3) is 0 Å². The van der Waals surface area contributed by atoms with Gasteiger partial charge in [0.1, 0.15) is 0 Å². The number of amides is 1. The van der Waals surface area contributed by atoms with E-state index in [1.54, 1.807) is 0 Å². The molecule has 104 valence electrons. The molecule has 4 heteroatoms. The number of piperidine rings is 1. The van der Waals surface area contributed by atoms with E-state index in [0.29, 0.717) is 13.1 Å². The number of hydrogen-bond acceptors (Lipinski definition) is 3. The molecule has 1 amide bonds. The zero-order chi connectivity index (χ0) is 13.7. The average molecular weight is 261 g/mol. The molecular weight excluding hydrogens is 238 g/mol. The molecule has 19 heavy (non-hydrogen) atoms. The van der Waals surface area contributed by atoms with Crippen LogP contribution in [0.5, 0.6) is 0 Å². The Hall–Kier alpha value is -1.55. The van der Waals surface area contributed by atoms with Crippen LogP contribution in [0.4, 0.5) is 5.69 Å². The number of benzene rings is 1. The van der Waals surface area contributed by atoms with Gasteiger partial charge >= 0.3 is 0 Å². The van der Waals surface area contributed by atoms with Gasteiger partial charge in [-0.1, -0.05) is 12.1 Å². The molecule has 4 nitrogen and oxygen atoms in total. The van der Waals surface area contributed by atoms with Gasteiger partial charge in [-0.15, -0.1) is 0 Å². The number of anilines is 1. The van der Waals surface area contributed by atoms with Gasteiger partial charge < -0.3 is 15.5 Å². The highest BCUT2D eigenvalue weighted by atomic mass is 16.2. The van der Waals surface area contributed by atoms with E-state index >= 15 is 0 Å². The second kappa shape index (κ2) is 6.57. The number of hydrogen-bond donors (Lipinski definition) is 1. The van der Waals surface area contributed by atoms with Crippen molar-refractivity contribution in [1.82, 2.24) is 4.90 Å². The first kappa shape index (κ1) is 13.9. The molecule has 1 aliphatic rings.